The predicted molar refractivity (Wildman–Crippen MR) is 48.4 cm³/mol. The molecule has 0 atom stereocenters. The van der Waals surface area contributed by atoms with E-state index < -0.39 is 0 Å². The highest BCUT2D eigenvalue weighted by atomic mass is 79.9. The summed E-state index contributed by atoms with van der Waals surface area (Å²) in [4.78, 5) is 0. The molecule has 0 aromatic heterocycles. The van der Waals surface area contributed by atoms with E-state index in [2.05, 4.69) is 15.9 Å². The van der Waals surface area contributed by atoms with Crippen LogP contribution < -0.4 is 0 Å². The van der Waals surface area contributed by atoms with Crippen LogP contribution >= 0.6 is 15.9 Å². The number of alkyl halides is 1. The van der Waals surface area contributed by atoms with Gasteiger partial charge in [-0.2, -0.15) is 0 Å². The molecule has 1 rings (SSSR count). The number of hydrogen-bond acceptors (Lipinski definition) is 0. The third kappa shape index (κ3) is 1.80. The molecule has 0 heterocycles. The highest BCUT2D eigenvalue weighted by Gasteiger charge is 2.03. The first kappa shape index (κ1) is 8.72. The fourth-order valence-corrected chi connectivity index (χ4v) is 1.65. The molecule has 0 aliphatic rings. The fourth-order valence-electron chi connectivity index (χ4n) is 1.12. The van der Waals surface area contributed by atoms with Crippen molar-refractivity contribution >= 4 is 15.9 Å². The highest BCUT2D eigenvalue weighted by molar-refractivity contribution is 9.08. The summed E-state index contributed by atoms with van der Waals surface area (Å²) in [5, 5.41) is 0.730. The van der Waals surface area contributed by atoms with E-state index in [0.717, 1.165) is 22.9 Å². The van der Waals surface area contributed by atoms with Gasteiger partial charge in [-0.1, -0.05) is 35.0 Å². The molecule has 0 fully saturated rings. The van der Waals surface area contributed by atoms with Gasteiger partial charge in [-0.15, -0.1) is 0 Å². The molecule has 0 aliphatic heterocycles. The maximum absolute atomic E-state index is 13.0. The lowest BCUT2D eigenvalue weighted by Gasteiger charge is -2.04. The average Bonchev–Trinajstić information content (AvgIpc) is 2.04. The van der Waals surface area contributed by atoms with Crippen molar-refractivity contribution in [2.75, 3.05) is 0 Å². The first-order valence-corrected chi connectivity index (χ1v) is 4.74. The maximum atomic E-state index is 13.0. The zero-order valence-corrected chi connectivity index (χ0v) is 7.99. The maximum Gasteiger partial charge on any atom is 0.126 e. The number of benzene rings is 1. The van der Waals surface area contributed by atoms with E-state index in [1.807, 2.05) is 13.0 Å². The number of halogens is 2. The van der Waals surface area contributed by atoms with Gasteiger partial charge >= 0.3 is 0 Å². The highest BCUT2D eigenvalue weighted by Crippen LogP contribution is 2.16. The molecule has 0 aliphatic carbocycles. The molecular weight excluding hydrogens is 207 g/mol. The lowest BCUT2D eigenvalue weighted by atomic mass is 10.1. The standard InChI is InChI=1S/C9H10BrF/c1-2-8-7(6-10)4-3-5-9(8)11/h3-5H,2,6H2,1H3. The van der Waals surface area contributed by atoms with Crippen molar-refractivity contribution in [3.63, 3.8) is 0 Å². The molecule has 0 bridgehead atoms. The van der Waals surface area contributed by atoms with Crippen molar-refractivity contribution in [3.05, 3.63) is 35.1 Å². The second-order valence-electron chi connectivity index (χ2n) is 2.36. The van der Waals surface area contributed by atoms with Gasteiger partial charge in [0.2, 0.25) is 0 Å². The van der Waals surface area contributed by atoms with Crippen molar-refractivity contribution in [2.24, 2.45) is 0 Å². The molecule has 1 aromatic rings. The average molecular weight is 217 g/mol. The van der Waals surface area contributed by atoms with Gasteiger partial charge in [-0.3, -0.25) is 0 Å². The van der Waals surface area contributed by atoms with Crippen LogP contribution in [0.4, 0.5) is 4.39 Å². The van der Waals surface area contributed by atoms with Gasteiger partial charge in [0.05, 0.1) is 0 Å². The molecule has 0 saturated carbocycles. The van der Waals surface area contributed by atoms with Crippen LogP contribution in [-0.4, -0.2) is 0 Å². The van der Waals surface area contributed by atoms with Crippen LogP contribution in [-0.2, 0) is 11.8 Å². The third-order valence-corrected chi connectivity index (χ3v) is 2.32. The van der Waals surface area contributed by atoms with Crippen LogP contribution in [0.25, 0.3) is 0 Å². The van der Waals surface area contributed by atoms with Gasteiger partial charge in [-0.25, -0.2) is 4.39 Å². The van der Waals surface area contributed by atoms with Crippen LogP contribution in [0.1, 0.15) is 18.1 Å². The van der Waals surface area contributed by atoms with E-state index in [-0.39, 0.29) is 5.82 Å². The van der Waals surface area contributed by atoms with Crippen molar-refractivity contribution < 1.29 is 4.39 Å². The third-order valence-electron chi connectivity index (χ3n) is 1.71. The van der Waals surface area contributed by atoms with Crippen molar-refractivity contribution in [1.29, 1.82) is 0 Å². The number of hydrogen-bond donors (Lipinski definition) is 0. The summed E-state index contributed by atoms with van der Waals surface area (Å²) < 4.78 is 13.0. The van der Waals surface area contributed by atoms with Gasteiger partial charge in [0.25, 0.3) is 0 Å². The minimum absolute atomic E-state index is 0.0931. The molecule has 2 heteroatoms. The first-order valence-electron chi connectivity index (χ1n) is 3.61. The lowest BCUT2D eigenvalue weighted by molar-refractivity contribution is 0.610. The Hall–Kier alpha value is -0.370. The SMILES string of the molecule is CCc1c(F)cccc1CBr. The minimum atomic E-state index is -0.0931. The van der Waals surface area contributed by atoms with Crippen molar-refractivity contribution in [1.82, 2.24) is 0 Å². The monoisotopic (exact) mass is 216 g/mol. The Morgan fingerprint density at radius 3 is 2.64 bits per heavy atom. The Morgan fingerprint density at radius 2 is 2.18 bits per heavy atom. The summed E-state index contributed by atoms with van der Waals surface area (Å²) in [6, 6.07) is 5.19. The quantitative estimate of drug-likeness (QED) is 0.667. The predicted octanol–water partition coefficient (Wildman–Crippen LogP) is 3.28. The van der Waals surface area contributed by atoms with Gasteiger partial charge < -0.3 is 0 Å². The van der Waals surface area contributed by atoms with Crippen molar-refractivity contribution in [2.45, 2.75) is 18.7 Å². The summed E-state index contributed by atoms with van der Waals surface area (Å²) in [5.41, 5.74) is 1.87. The fraction of sp³-hybridized carbons (Fsp3) is 0.333. The van der Waals surface area contributed by atoms with Gasteiger partial charge in [0.15, 0.2) is 0 Å². The van der Waals surface area contributed by atoms with Gasteiger partial charge in [0, 0.05) is 5.33 Å². The smallest absolute Gasteiger partial charge is 0.126 e. The Balaban J connectivity index is 3.13. The molecule has 0 unspecified atom stereocenters. The summed E-state index contributed by atoms with van der Waals surface area (Å²) in [5.74, 6) is -0.0931. The van der Waals surface area contributed by atoms with E-state index >= 15 is 0 Å². The molecule has 0 nitrogen and oxygen atoms in total. The second-order valence-corrected chi connectivity index (χ2v) is 2.93. The molecule has 0 amide bonds. The summed E-state index contributed by atoms with van der Waals surface area (Å²) >= 11 is 3.32. The van der Waals surface area contributed by atoms with Crippen molar-refractivity contribution in [3.8, 4) is 0 Å². The van der Waals surface area contributed by atoms with E-state index in [0.29, 0.717) is 0 Å². The van der Waals surface area contributed by atoms with Gasteiger partial charge in [-0.05, 0) is 23.6 Å². The summed E-state index contributed by atoms with van der Waals surface area (Å²) in [6.07, 6.45) is 0.758. The lowest BCUT2D eigenvalue weighted by Crippen LogP contribution is -1.93. The largest absolute Gasteiger partial charge is 0.207 e. The summed E-state index contributed by atoms with van der Waals surface area (Å²) in [7, 11) is 0. The van der Waals surface area contributed by atoms with Crippen LogP contribution in [0.5, 0.6) is 0 Å². The van der Waals surface area contributed by atoms with Crippen LogP contribution in [0.15, 0.2) is 18.2 Å². The molecule has 0 N–H and O–H groups in total. The first-order chi connectivity index (χ1) is 5.29. The van der Waals surface area contributed by atoms with Gasteiger partial charge in [0.1, 0.15) is 5.82 Å². The van der Waals surface area contributed by atoms with E-state index in [4.69, 9.17) is 0 Å². The van der Waals surface area contributed by atoms with E-state index in [1.54, 1.807) is 6.07 Å². The number of rotatable bonds is 2. The molecule has 60 valence electrons. The van der Waals surface area contributed by atoms with E-state index in [9.17, 15) is 4.39 Å². The van der Waals surface area contributed by atoms with Crippen LogP contribution in [0.2, 0.25) is 0 Å². The molecule has 1 aromatic carbocycles. The zero-order chi connectivity index (χ0) is 8.27. The molecule has 0 spiro atoms. The van der Waals surface area contributed by atoms with E-state index in [1.165, 1.54) is 6.07 Å². The Morgan fingerprint density at radius 1 is 1.45 bits per heavy atom. The Labute approximate surface area is 74.6 Å². The topological polar surface area (TPSA) is 0 Å². The minimum Gasteiger partial charge on any atom is -0.207 e. The Kier molecular flexibility index (Phi) is 3.06. The Bertz CT molecular complexity index is 245. The molecular formula is C9H10BrF. The second kappa shape index (κ2) is 3.86. The summed E-state index contributed by atoms with van der Waals surface area (Å²) in [6.45, 7) is 1.96. The molecule has 0 saturated heterocycles. The zero-order valence-electron chi connectivity index (χ0n) is 6.40. The normalized spacial score (nSPS) is 10.1. The molecule has 0 radical (unpaired) electrons. The van der Waals surface area contributed by atoms with Crippen LogP contribution in [0, 0.1) is 5.82 Å². The van der Waals surface area contributed by atoms with Crippen LogP contribution in [0.3, 0.4) is 0 Å². The molecule has 11 heavy (non-hydrogen) atoms.